The van der Waals surface area contributed by atoms with Crippen LogP contribution in [0.1, 0.15) is 0 Å². The fourth-order valence-electron chi connectivity index (χ4n) is 2.41. The summed E-state index contributed by atoms with van der Waals surface area (Å²) >= 11 is 0. The van der Waals surface area contributed by atoms with Gasteiger partial charge in [-0.25, -0.2) is 0 Å². The fourth-order valence-corrected chi connectivity index (χ4v) is 11.1. The fraction of sp³-hybridized carbons (Fsp3) is 1.00. The highest BCUT2D eigenvalue weighted by Crippen LogP contribution is 2.44. The smallest absolute Gasteiger partial charge is 0.0518 e. The lowest BCUT2D eigenvalue weighted by Gasteiger charge is -2.28. The van der Waals surface area contributed by atoms with Crippen LogP contribution in [0.3, 0.4) is 0 Å². The Morgan fingerprint density at radius 2 is 1.67 bits per heavy atom. The van der Waals surface area contributed by atoms with E-state index in [1.54, 1.807) is 0 Å². The van der Waals surface area contributed by atoms with Gasteiger partial charge in [0.1, 0.15) is 0 Å². The summed E-state index contributed by atoms with van der Waals surface area (Å²) in [5.74, 6) is 0. The topological polar surface area (TPSA) is 20.2 Å². The molecule has 0 aromatic carbocycles. The van der Waals surface area contributed by atoms with Crippen molar-refractivity contribution < 1.29 is 5.11 Å². The van der Waals surface area contributed by atoms with Crippen LogP contribution < -0.4 is 0 Å². The molecule has 0 saturated carbocycles. The molecule has 3 heteroatoms. The minimum atomic E-state index is -1.09. The number of rotatable bonds is 1. The molecule has 12 heavy (non-hydrogen) atoms. The third kappa shape index (κ3) is 2.21. The van der Waals surface area contributed by atoms with Crippen LogP contribution in [0.25, 0.3) is 0 Å². The van der Waals surface area contributed by atoms with Gasteiger partial charge in [-0.2, -0.15) is 0 Å². The van der Waals surface area contributed by atoms with Gasteiger partial charge in [0.05, 0.1) is 14.2 Å². The zero-order chi connectivity index (χ0) is 9.57. The van der Waals surface area contributed by atoms with E-state index in [0.717, 1.165) is 6.04 Å². The molecular weight excluding hydrogens is 180 g/mol. The van der Waals surface area contributed by atoms with Gasteiger partial charge in [0.2, 0.25) is 0 Å². The Morgan fingerprint density at radius 1 is 1.17 bits per heavy atom. The van der Waals surface area contributed by atoms with Crippen LogP contribution in [0.4, 0.5) is 0 Å². The maximum Gasteiger partial charge on any atom is 0.0518 e. The molecule has 0 aliphatic carbocycles. The molecule has 1 aliphatic rings. The van der Waals surface area contributed by atoms with Crippen LogP contribution in [0.15, 0.2) is 0 Å². The molecule has 0 radical (unpaired) electrons. The first-order valence-electron chi connectivity index (χ1n) is 4.90. The molecule has 1 rings (SSSR count). The van der Waals surface area contributed by atoms with Crippen molar-refractivity contribution in [1.82, 2.24) is 0 Å². The monoisotopic (exact) mass is 202 g/mol. The number of aliphatic hydroxyl groups is 1. The minimum Gasteiger partial charge on any atom is -0.393 e. The Bertz CT molecular complexity index is 172. The molecule has 1 heterocycles. The van der Waals surface area contributed by atoms with Gasteiger partial charge in [-0.3, -0.25) is 0 Å². The van der Waals surface area contributed by atoms with E-state index >= 15 is 0 Å². The predicted molar refractivity (Wildman–Crippen MR) is 60.2 cm³/mol. The molecule has 72 valence electrons. The second kappa shape index (κ2) is 2.96. The second-order valence-electron chi connectivity index (χ2n) is 6.11. The lowest BCUT2D eigenvalue weighted by atomic mass is 10.3. The maximum absolute atomic E-state index is 9.93. The highest BCUT2D eigenvalue weighted by atomic mass is 28.3. The molecule has 0 spiro atoms. The standard InChI is InChI=1S/C9H22OSi2/c1-11(2,3)9-7-12(4,5)6-8(9)10/h8-10H,6-7H2,1-5H3/t8-,9-/m1/s1. The molecule has 0 aromatic heterocycles. The summed E-state index contributed by atoms with van der Waals surface area (Å²) in [4.78, 5) is 0. The normalized spacial score (nSPS) is 35.5. The van der Waals surface area contributed by atoms with Crippen molar-refractivity contribution in [1.29, 1.82) is 0 Å². The lowest BCUT2D eigenvalue weighted by molar-refractivity contribution is 0.196. The number of hydrogen-bond acceptors (Lipinski definition) is 1. The van der Waals surface area contributed by atoms with Gasteiger partial charge >= 0.3 is 0 Å². The number of hydrogen-bond donors (Lipinski definition) is 1. The second-order valence-corrected chi connectivity index (χ2v) is 16.7. The Hall–Kier alpha value is 0.394. The summed E-state index contributed by atoms with van der Waals surface area (Å²) < 4.78 is 0. The average Bonchev–Trinajstić information content (AvgIpc) is 2.03. The van der Waals surface area contributed by atoms with Gasteiger partial charge in [-0.1, -0.05) is 38.8 Å². The lowest BCUT2D eigenvalue weighted by Crippen LogP contribution is -2.32. The largest absolute Gasteiger partial charge is 0.393 e. The van der Waals surface area contributed by atoms with E-state index in [1.807, 2.05) is 0 Å². The average molecular weight is 202 g/mol. The SMILES string of the molecule is C[Si]1(C)C[C@@H](O)[C@H]([Si](C)(C)C)C1. The van der Waals surface area contributed by atoms with E-state index in [9.17, 15) is 5.11 Å². The van der Waals surface area contributed by atoms with Crippen molar-refractivity contribution in [2.24, 2.45) is 0 Å². The van der Waals surface area contributed by atoms with Gasteiger partial charge < -0.3 is 5.11 Å². The Kier molecular flexibility index (Phi) is 2.58. The van der Waals surface area contributed by atoms with Crippen LogP contribution in [0.2, 0.25) is 50.4 Å². The summed E-state index contributed by atoms with van der Waals surface area (Å²) in [7, 11) is -2.08. The molecule has 1 nitrogen and oxygen atoms in total. The molecule has 0 amide bonds. The summed E-state index contributed by atoms with van der Waals surface area (Å²) in [6.07, 6.45) is 0.0401. The van der Waals surface area contributed by atoms with Crippen molar-refractivity contribution in [3.8, 4) is 0 Å². The quantitative estimate of drug-likeness (QED) is 0.648. The predicted octanol–water partition coefficient (Wildman–Crippen LogP) is 2.78. The van der Waals surface area contributed by atoms with Gasteiger partial charge in [-0.15, -0.1) is 0 Å². The van der Waals surface area contributed by atoms with Crippen molar-refractivity contribution in [2.45, 2.75) is 56.5 Å². The van der Waals surface area contributed by atoms with Crippen molar-refractivity contribution in [3.05, 3.63) is 0 Å². The van der Waals surface area contributed by atoms with E-state index in [1.165, 1.54) is 6.04 Å². The van der Waals surface area contributed by atoms with Crippen LogP contribution in [0, 0.1) is 0 Å². The number of aliphatic hydroxyl groups excluding tert-OH is 1. The van der Waals surface area contributed by atoms with Gasteiger partial charge in [-0.05, 0) is 11.6 Å². The summed E-state index contributed by atoms with van der Waals surface area (Å²) in [6, 6.07) is 2.51. The van der Waals surface area contributed by atoms with Gasteiger partial charge in [0, 0.05) is 8.07 Å². The molecule has 1 fully saturated rings. The Balaban J connectivity index is 2.71. The zero-order valence-electron chi connectivity index (χ0n) is 9.02. The highest BCUT2D eigenvalue weighted by Gasteiger charge is 2.45. The molecule has 0 aromatic rings. The first kappa shape index (κ1) is 10.5. The first-order chi connectivity index (χ1) is 5.22. The summed E-state index contributed by atoms with van der Waals surface area (Å²) in [5.41, 5.74) is 0.680. The van der Waals surface area contributed by atoms with E-state index in [-0.39, 0.29) is 6.10 Å². The first-order valence-corrected chi connectivity index (χ1v) is 11.9. The van der Waals surface area contributed by atoms with Crippen molar-refractivity contribution >= 4 is 16.1 Å². The van der Waals surface area contributed by atoms with E-state index in [4.69, 9.17) is 0 Å². The maximum atomic E-state index is 9.93. The van der Waals surface area contributed by atoms with E-state index in [2.05, 4.69) is 32.7 Å². The molecule has 0 unspecified atom stereocenters. The zero-order valence-corrected chi connectivity index (χ0v) is 11.0. The van der Waals surface area contributed by atoms with E-state index < -0.39 is 16.1 Å². The Labute approximate surface area is 78.2 Å². The third-order valence-corrected chi connectivity index (χ3v) is 9.40. The molecule has 1 N–H and O–H groups in total. The summed E-state index contributed by atoms with van der Waals surface area (Å²) in [5, 5.41) is 9.93. The molecular formula is C9H22OSi2. The van der Waals surface area contributed by atoms with Crippen LogP contribution in [-0.4, -0.2) is 27.4 Å². The summed E-state index contributed by atoms with van der Waals surface area (Å²) in [6.45, 7) is 12.0. The molecule has 1 aliphatic heterocycles. The van der Waals surface area contributed by atoms with Crippen LogP contribution >= 0.6 is 0 Å². The van der Waals surface area contributed by atoms with Gasteiger partial charge in [0.25, 0.3) is 0 Å². The molecule has 0 bridgehead atoms. The van der Waals surface area contributed by atoms with E-state index in [0.29, 0.717) is 5.54 Å². The Morgan fingerprint density at radius 3 is 1.83 bits per heavy atom. The van der Waals surface area contributed by atoms with Gasteiger partial charge in [0.15, 0.2) is 0 Å². The molecule has 2 atom stereocenters. The highest BCUT2D eigenvalue weighted by molar-refractivity contribution is 6.84. The van der Waals surface area contributed by atoms with Crippen molar-refractivity contribution in [3.63, 3.8) is 0 Å². The van der Waals surface area contributed by atoms with Crippen LogP contribution in [-0.2, 0) is 0 Å². The molecule has 1 saturated heterocycles. The van der Waals surface area contributed by atoms with Crippen molar-refractivity contribution in [2.75, 3.05) is 0 Å². The third-order valence-electron chi connectivity index (χ3n) is 3.11. The van der Waals surface area contributed by atoms with Crippen LogP contribution in [0.5, 0.6) is 0 Å². The minimum absolute atomic E-state index is 0.0401.